The number of para-hydroxylation sites is 1. The van der Waals surface area contributed by atoms with E-state index in [0.717, 1.165) is 0 Å². The SMILES string of the molecule is O=C(Nc1ccccc1)c1cccc(NC(=S)NC(=O)c2ccc(Cl)cc2Cl)c1. The lowest BCUT2D eigenvalue weighted by Crippen LogP contribution is -2.34. The van der Waals surface area contributed by atoms with Gasteiger partial charge in [0.05, 0.1) is 10.6 Å². The monoisotopic (exact) mass is 443 g/mol. The molecule has 0 aromatic heterocycles. The van der Waals surface area contributed by atoms with Gasteiger partial charge in [-0.25, -0.2) is 0 Å². The van der Waals surface area contributed by atoms with E-state index in [4.69, 9.17) is 35.4 Å². The van der Waals surface area contributed by atoms with E-state index in [-0.39, 0.29) is 21.6 Å². The molecule has 3 aromatic rings. The Kier molecular flexibility index (Phi) is 6.82. The maximum absolute atomic E-state index is 12.4. The van der Waals surface area contributed by atoms with Gasteiger partial charge in [-0.1, -0.05) is 47.5 Å². The van der Waals surface area contributed by atoms with Crippen molar-refractivity contribution in [3.05, 3.63) is 94.0 Å². The van der Waals surface area contributed by atoms with Crippen molar-refractivity contribution in [3.63, 3.8) is 0 Å². The molecule has 0 heterocycles. The summed E-state index contributed by atoms with van der Waals surface area (Å²) >= 11 is 17.1. The number of nitrogens with one attached hydrogen (secondary N) is 3. The topological polar surface area (TPSA) is 70.2 Å². The van der Waals surface area contributed by atoms with Gasteiger partial charge in [0.2, 0.25) is 0 Å². The zero-order valence-corrected chi connectivity index (χ0v) is 17.2. The van der Waals surface area contributed by atoms with Crippen molar-refractivity contribution in [1.29, 1.82) is 0 Å². The third-order valence-electron chi connectivity index (χ3n) is 3.82. The van der Waals surface area contributed by atoms with Gasteiger partial charge in [0.15, 0.2) is 5.11 Å². The van der Waals surface area contributed by atoms with Gasteiger partial charge in [0, 0.05) is 22.0 Å². The second-order valence-electron chi connectivity index (χ2n) is 5.93. The summed E-state index contributed by atoms with van der Waals surface area (Å²) < 4.78 is 0. The lowest BCUT2D eigenvalue weighted by atomic mass is 10.2. The summed E-state index contributed by atoms with van der Waals surface area (Å²) in [5, 5.41) is 8.96. The highest BCUT2D eigenvalue weighted by molar-refractivity contribution is 7.80. The van der Waals surface area contributed by atoms with E-state index in [2.05, 4.69) is 16.0 Å². The van der Waals surface area contributed by atoms with Crippen LogP contribution in [0.4, 0.5) is 11.4 Å². The lowest BCUT2D eigenvalue weighted by molar-refractivity contribution is 0.0976. The second-order valence-corrected chi connectivity index (χ2v) is 7.19. The van der Waals surface area contributed by atoms with Crippen molar-refractivity contribution in [2.45, 2.75) is 0 Å². The van der Waals surface area contributed by atoms with Gasteiger partial charge < -0.3 is 10.6 Å². The Balaban J connectivity index is 1.64. The van der Waals surface area contributed by atoms with E-state index in [0.29, 0.717) is 22.0 Å². The molecule has 3 aromatic carbocycles. The third-order valence-corrected chi connectivity index (χ3v) is 4.57. The molecule has 0 unspecified atom stereocenters. The number of rotatable bonds is 4. The van der Waals surface area contributed by atoms with Crippen molar-refractivity contribution in [3.8, 4) is 0 Å². The normalized spacial score (nSPS) is 10.1. The predicted octanol–water partition coefficient (Wildman–Crippen LogP) is 5.37. The molecule has 0 saturated heterocycles. The highest BCUT2D eigenvalue weighted by Crippen LogP contribution is 2.21. The fourth-order valence-electron chi connectivity index (χ4n) is 2.47. The molecule has 0 atom stereocenters. The Labute approximate surface area is 183 Å². The van der Waals surface area contributed by atoms with E-state index >= 15 is 0 Å². The number of amides is 2. The number of anilines is 2. The number of benzene rings is 3. The molecule has 0 aliphatic carbocycles. The highest BCUT2D eigenvalue weighted by atomic mass is 35.5. The average Bonchev–Trinajstić information content (AvgIpc) is 2.68. The van der Waals surface area contributed by atoms with Crippen LogP contribution in [0.5, 0.6) is 0 Å². The van der Waals surface area contributed by atoms with E-state index in [9.17, 15) is 9.59 Å². The minimum absolute atomic E-state index is 0.0710. The molecule has 0 radical (unpaired) electrons. The molecule has 2 amide bonds. The Bertz CT molecular complexity index is 1070. The molecule has 3 rings (SSSR count). The van der Waals surface area contributed by atoms with E-state index in [1.807, 2.05) is 18.2 Å². The maximum atomic E-state index is 12.4. The molecule has 0 spiro atoms. The Morgan fingerprint density at radius 2 is 1.48 bits per heavy atom. The summed E-state index contributed by atoms with van der Waals surface area (Å²) in [6, 6.07) is 20.4. The van der Waals surface area contributed by atoms with Crippen LogP contribution in [0, 0.1) is 0 Å². The largest absolute Gasteiger partial charge is 0.332 e. The van der Waals surface area contributed by atoms with E-state index in [1.165, 1.54) is 12.1 Å². The van der Waals surface area contributed by atoms with Gasteiger partial charge in [0.25, 0.3) is 11.8 Å². The summed E-state index contributed by atoms with van der Waals surface area (Å²) in [5.41, 5.74) is 1.93. The molecule has 5 nitrogen and oxygen atoms in total. The number of thiocarbonyl (C=S) groups is 1. The lowest BCUT2D eigenvalue weighted by Gasteiger charge is -2.12. The maximum Gasteiger partial charge on any atom is 0.258 e. The zero-order chi connectivity index (χ0) is 20.8. The van der Waals surface area contributed by atoms with Crippen LogP contribution < -0.4 is 16.0 Å². The molecule has 146 valence electrons. The fourth-order valence-corrected chi connectivity index (χ4v) is 3.17. The summed E-state index contributed by atoms with van der Waals surface area (Å²) in [6.07, 6.45) is 0. The summed E-state index contributed by atoms with van der Waals surface area (Å²) in [7, 11) is 0. The first kappa shape index (κ1) is 20.8. The molecule has 29 heavy (non-hydrogen) atoms. The standard InChI is InChI=1S/C21H15Cl2N3O2S/c22-14-9-10-17(18(23)12-14)20(28)26-21(29)25-16-8-4-5-13(11-16)19(27)24-15-6-2-1-3-7-15/h1-12H,(H,24,27)(H2,25,26,28,29). The van der Waals surface area contributed by atoms with Crippen LogP contribution in [-0.4, -0.2) is 16.9 Å². The van der Waals surface area contributed by atoms with Crippen molar-refractivity contribution in [2.24, 2.45) is 0 Å². The van der Waals surface area contributed by atoms with Crippen molar-refractivity contribution in [2.75, 3.05) is 10.6 Å². The van der Waals surface area contributed by atoms with Crippen LogP contribution in [-0.2, 0) is 0 Å². The van der Waals surface area contributed by atoms with Gasteiger partial charge in [0.1, 0.15) is 0 Å². The quantitative estimate of drug-likeness (QED) is 0.473. The average molecular weight is 444 g/mol. The summed E-state index contributed by atoms with van der Waals surface area (Å²) in [5.74, 6) is -0.732. The highest BCUT2D eigenvalue weighted by Gasteiger charge is 2.13. The molecular formula is C21H15Cl2N3O2S. The minimum Gasteiger partial charge on any atom is -0.332 e. The van der Waals surface area contributed by atoms with Gasteiger partial charge in [-0.3, -0.25) is 14.9 Å². The number of hydrogen-bond acceptors (Lipinski definition) is 3. The van der Waals surface area contributed by atoms with E-state index < -0.39 is 5.91 Å². The van der Waals surface area contributed by atoms with E-state index in [1.54, 1.807) is 42.5 Å². The second kappa shape index (κ2) is 9.52. The number of carbonyl (C=O) groups excluding carboxylic acids is 2. The Morgan fingerprint density at radius 1 is 0.759 bits per heavy atom. The third kappa shape index (κ3) is 5.77. The zero-order valence-electron chi connectivity index (χ0n) is 14.9. The van der Waals surface area contributed by atoms with Crippen LogP contribution in [0.25, 0.3) is 0 Å². The molecule has 0 aliphatic rings. The molecular weight excluding hydrogens is 429 g/mol. The van der Waals surface area contributed by atoms with Crippen LogP contribution >= 0.6 is 35.4 Å². The molecule has 3 N–H and O–H groups in total. The molecule has 8 heteroatoms. The first-order valence-corrected chi connectivity index (χ1v) is 9.62. The van der Waals surface area contributed by atoms with Crippen molar-refractivity contribution < 1.29 is 9.59 Å². The first-order valence-electron chi connectivity index (χ1n) is 8.46. The number of carbonyl (C=O) groups is 2. The molecule has 0 fully saturated rings. The Morgan fingerprint density at radius 3 is 2.21 bits per heavy atom. The van der Waals surface area contributed by atoms with Gasteiger partial charge in [-0.15, -0.1) is 0 Å². The van der Waals surface area contributed by atoms with Crippen LogP contribution in [0.2, 0.25) is 10.0 Å². The van der Waals surface area contributed by atoms with Crippen LogP contribution in [0.3, 0.4) is 0 Å². The number of hydrogen-bond donors (Lipinski definition) is 3. The first-order chi connectivity index (χ1) is 13.9. The Hall–Kier alpha value is -2.93. The minimum atomic E-state index is -0.470. The van der Waals surface area contributed by atoms with Crippen LogP contribution in [0.15, 0.2) is 72.8 Å². The van der Waals surface area contributed by atoms with Crippen molar-refractivity contribution in [1.82, 2.24) is 5.32 Å². The van der Waals surface area contributed by atoms with Crippen molar-refractivity contribution >= 4 is 63.7 Å². The summed E-state index contributed by atoms with van der Waals surface area (Å²) in [6.45, 7) is 0. The molecule has 0 saturated carbocycles. The summed E-state index contributed by atoms with van der Waals surface area (Å²) in [4.78, 5) is 24.7. The predicted molar refractivity (Wildman–Crippen MR) is 121 cm³/mol. The van der Waals surface area contributed by atoms with Gasteiger partial charge in [-0.2, -0.15) is 0 Å². The fraction of sp³-hybridized carbons (Fsp3) is 0. The smallest absolute Gasteiger partial charge is 0.258 e. The molecule has 0 bridgehead atoms. The number of halogens is 2. The van der Waals surface area contributed by atoms with Gasteiger partial charge in [-0.05, 0) is 60.7 Å². The van der Waals surface area contributed by atoms with Gasteiger partial charge >= 0.3 is 0 Å². The van der Waals surface area contributed by atoms with Crippen LogP contribution in [0.1, 0.15) is 20.7 Å². The molecule has 0 aliphatic heterocycles.